The number of amides is 2. The van der Waals surface area contributed by atoms with E-state index in [2.05, 4.69) is 5.32 Å². The number of aryl methyl sites for hydroxylation is 3. The second-order valence-corrected chi connectivity index (χ2v) is 13.9. The molecule has 1 aliphatic rings. The number of carbonyl (C=O) groups excluding carboxylic acids is 2. The van der Waals surface area contributed by atoms with Gasteiger partial charge in [-0.3, -0.25) is 13.9 Å². The van der Waals surface area contributed by atoms with Crippen LogP contribution in [0.2, 0.25) is 10.0 Å². The standard InChI is InChI=1S/C33H39Cl2N3O4S/c1-5-30(33(40)36-25-9-6-7-10-25)37(20-27-28(34)11-8-12-29(27)35)32(39)21-38(31-19-23(3)13-16-24(31)4)43(41,42)26-17-14-22(2)15-18-26/h8,11-19,25,30H,5-7,9-10,20-21H2,1-4H3,(H,36,40). The molecule has 1 atom stereocenters. The molecule has 0 spiro atoms. The van der Waals surface area contributed by atoms with Gasteiger partial charge in [0.05, 0.1) is 10.6 Å². The van der Waals surface area contributed by atoms with E-state index in [1.807, 2.05) is 39.8 Å². The zero-order valence-corrected chi connectivity index (χ0v) is 27.4. The third kappa shape index (κ3) is 7.72. The Hall–Kier alpha value is -3.07. The summed E-state index contributed by atoms with van der Waals surface area (Å²) >= 11 is 13.0. The van der Waals surface area contributed by atoms with E-state index < -0.39 is 28.5 Å². The van der Waals surface area contributed by atoms with Crippen LogP contribution in [0.5, 0.6) is 0 Å². The highest BCUT2D eigenvalue weighted by atomic mass is 35.5. The van der Waals surface area contributed by atoms with E-state index in [9.17, 15) is 18.0 Å². The van der Waals surface area contributed by atoms with Crippen LogP contribution in [0.1, 0.15) is 61.3 Å². The number of anilines is 1. The van der Waals surface area contributed by atoms with Gasteiger partial charge < -0.3 is 10.2 Å². The van der Waals surface area contributed by atoms with E-state index in [1.165, 1.54) is 4.90 Å². The lowest BCUT2D eigenvalue weighted by Crippen LogP contribution is -2.53. The largest absolute Gasteiger partial charge is 0.352 e. The monoisotopic (exact) mass is 643 g/mol. The summed E-state index contributed by atoms with van der Waals surface area (Å²) in [6, 6.07) is 16.3. The fourth-order valence-electron chi connectivity index (χ4n) is 5.48. The molecular formula is C33H39Cl2N3O4S. The van der Waals surface area contributed by atoms with Crippen LogP contribution in [0.3, 0.4) is 0 Å². The van der Waals surface area contributed by atoms with Gasteiger partial charge in [0.15, 0.2) is 0 Å². The van der Waals surface area contributed by atoms with E-state index in [4.69, 9.17) is 23.2 Å². The fraction of sp³-hybridized carbons (Fsp3) is 0.394. The van der Waals surface area contributed by atoms with Crippen LogP contribution in [0.15, 0.2) is 65.6 Å². The molecule has 1 N–H and O–H groups in total. The Morgan fingerprint density at radius 3 is 2.14 bits per heavy atom. The number of halogens is 2. The molecule has 1 aliphatic carbocycles. The lowest BCUT2D eigenvalue weighted by atomic mass is 10.1. The summed E-state index contributed by atoms with van der Waals surface area (Å²) < 4.78 is 29.5. The first-order chi connectivity index (χ1) is 20.4. The summed E-state index contributed by atoms with van der Waals surface area (Å²) in [7, 11) is -4.17. The molecule has 1 unspecified atom stereocenters. The van der Waals surface area contributed by atoms with Crippen LogP contribution in [0.25, 0.3) is 0 Å². The number of carbonyl (C=O) groups is 2. The maximum Gasteiger partial charge on any atom is 0.264 e. The molecule has 0 radical (unpaired) electrons. The smallest absolute Gasteiger partial charge is 0.264 e. The Labute approximate surface area is 265 Å². The Morgan fingerprint density at radius 1 is 0.930 bits per heavy atom. The Kier molecular flexibility index (Phi) is 10.8. The maximum absolute atomic E-state index is 14.4. The Morgan fingerprint density at radius 2 is 1.53 bits per heavy atom. The average Bonchev–Trinajstić information content (AvgIpc) is 3.47. The second kappa shape index (κ2) is 14.1. The average molecular weight is 645 g/mol. The maximum atomic E-state index is 14.4. The highest BCUT2D eigenvalue weighted by molar-refractivity contribution is 7.92. The summed E-state index contributed by atoms with van der Waals surface area (Å²) in [6.45, 7) is 6.81. The predicted octanol–water partition coefficient (Wildman–Crippen LogP) is 6.98. The van der Waals surface area contributed by atoms with Gasteiger partial charge in [-0.15, -0.1) is 0 Å². The summed E-state index contributed by atoms with van der Waals surface area (Å²) in [4.78, 5) is 29.5. The summed E-state index contributed by atoms with van der Waals surface area (Å²) in [6.07, 6.45) is 4.19. The number of nitrogens with one attached hydrogen (secondary N) is 1. The van der Waals surface area contributed by atoms with Gasteiger partial charge in [-0.05, 0) is 81.5 Å². The van der Waals surface area contributed by atoms with Gasteiger partial charge in [0, 0.05) is 28.2 Å². The minimum atomic E-state index is -4.17. The van der Waals surface area contributed by atoms with E-state index in [1.54, 1.807) is 48.5 Å². The third-order valence-electron chi connectivity index (χ3n) is 8.00. The topological polar surface area (TPSA) is 86.8 Å². The number of nitrogens with zero attached hydrogens (tertiary/aromatic N) is 2. The van der Waals surface area contributed by atoms with Crippen molar-refractivity contribution in [2.75, 3.05) is 10.8 Å². The van der Waals surface area contributed by atoms with Gasteiger partial charge >= 0.3 is 0 Å². The van der Waals surface area contributed by atoms with E-state index in [0.717, 1.165) is 41.1 Å². The lowest BCUT2D eigenvalue weighted by molar-refractivity contribution is -0.140. The number of benzene rings is 3. The van der Waals surface area contributed by atoms with Gasteiger partial charge in [-0.2, -0.15) is 0 Å². The minimum absolute atomic E-state index is 0.0516. The molecule has 1 fully saturated rings. The van der Waals surface area contributed by atoms with Gasteiger partial charge in [-0.25, -0.2) is 8.42 Å². The molecule has 10 heteroatoms. The first-order valence-electron chi connectivity index (χ1n) is 14.6. The van der Waals surface area contributed by atoms with Gasteiger partial charge in [0.1, 0.15) is 12.6 Å². The fourth-order valence-corrected chi connectivity index (χ4v) is 7.47. The molecule has 0 bridgehead atoms. The van der Waals surface area contributed by atoms with Crippen molar-refractivity contribution >= 4 is 50.7 Å². The van der Waals surface area contributed by atoms with Crippen LogP contribution in [-0.2, 0) is 26.2 Å². The normalized spacial score (nSPS) is 14.4. The van der Waals surface area contributed by atoms with Crippen molar-refractivity contribution in [3.8, 4) is 0 Å². The number of hydrogen-bond acceptors (Lipinski definition) is 4. The lowest BCUT2D eigenvalue weighted by Gasteiger charge is -2.34. The van der Waals surface area contributed by atoms with Crippen molar-refractivity contribution in [1.82, 2.24) is 10.2 Å². The number of rotatable bonds is 11. The first kappa shape index (κ1) is 32.8. The van der Waals surface area contributed by atoms with E-state index >= 15 is 0 Å². The van der Waals surface area contributed by atoms with Crippen molar-refractivity contribution < 1.29 is 18.0 Å². The second-order valence-electron chi connectivity index (χ2n) is 11.3. The van der Waals surface area contributed by atoms with Gasteiger partial charge in [0.25, 0.3) is 10.0 Å². The molecule has 4 rings (SSSR count). The Bertz CT molecular complexity index is 1550. The molecular weight excluding hydrogens is 605 g/mol. The van der Waals surface area contributed by atoms with Gasteiger partial charge in [-0.1, -0.05) is 78.9 Å². The molecule has 43 heavy (non-hydrogen) atoms. The van der Waals surface area contributed by atoms with Crippen molar-refractivity contribution in [2.24, 2.45) is 0 Å². The molecule has 3 aromatic rings. The van der Waals surface area contributed by atoms with Crippen LogP contribution in [0, 0.1) is 20.8 Å². The van der Waals surface area contributed by atoms with Crippen LogP contribution in [0.4, 0.5) is 5.69 Å². The van der Waals surface area contributed by atoms with Gasteiger partial charge in [0.2, 0.25) is 11.8 Å². The molecule has 7 nitrogen and oxygen atoms in total. The van der Waals surface area contributed by atoms with Crippen molar-refractivity contribution in [2.45, 2.75) is 83.3 Å². The van der Waals surface area contributed by atoms with E-state index in [-0.39, 0.29) is 23.4 Å². The SMILES string of the molecule is CCC(C(=O)NC1CCCC1)N(Cc1c(Cl)cccc1Cl)C(=O)CN(c1cc(C)ccc1C)S(=O)(=O)c1ccc(C)cc1. The quantitative estimate of drug-likeness (QED) is 0.244. The zero-order chi connectivity index (χ0) is 31.3. The number of sulfonamides is 1. The summed E-state index contributed by atoms with van der Waals surface area (Å²) in [5, 5.41) is 3.83. The van der Waals surface area contributed by atoms with Crippen LogP contribution >= 0.6 is 23.2 Å². The minimum Gasteiger partial charge on any atom is -0.352 e. The molecule has 2 amide bonds. The molecule has 1 saturated carbocycles. The number of hydrogen-bond donors (Lipinski definition) is 1. The van der Waals surface area contributed by atoms with Crippen molar-refractivity contribution in [3.63, 3.8) is 0 Å². The zero-order valence-electron chi connectivity index (χ0n) is 25.1. The van der Waals surface area contributed by atoms with Crippen LogP contribution < -0.4 is 9.62 Å². The first-order valence-corrected chi connectivity index (χ1v) is 16.8. The van der Waals surface area contributed by atoms with Crippen molar-refractivity contribution in [3.05, 3.63) is 93.0 Å². The molecule has 3 aromatic carbocycles. The van der Waals surface area contributed by atoms with E-state index in [0.29, 0.717) is 33.3 Å². The highest BCUT2D eigenvalue weighted by Crippen LogP contribution is 2.31. The molecule has 0 aliphatic heterocycles. The molecule has 230 valence electrons. The highest BCUT2D eigenvalue weighted by Gasteiger charge is 2.35. The summed E-state index contributed by atoms with van der Waals surface area (Å²) in [5.41, 5.74) is 3.34. The predicted molar refractivity (Wildman–Crippen MR) is 173 cm³/mol. The van der Waals surface area contributed by atoms with Crippen LogP contribution in [-0.4, -0.2) is 43.8 Å². The van der Waals surface area contributed by atoms with Crippen molar-refractivity contribution in [1.29, 1.82) is 0 Å². The Balaban J connectivity index is 1.78. The molecule has 0 heterocycles. The molecule has 0 aromatic heterocycles. The molecule has 0 saturated heterocycles. The summed E-state index contributed by atoms with van der Waals surface area (Å²) in [5.74, 6) is -0.813. The third-order valence-corrected chi connectivity index (χ3v) is 10.5.